The minimum absolute atomic E-state index is 0.753. The van der Waals surface area contributed by atoms with Crippen LogP contribution < -0.4 is 5.32 Å². The summed E-state index contributed by atoms with van der Waals surface area (Å²) < 4.78 is 0.941. The first-order valence-electron chi connectivity index (χ1n) is 5.00. The van der Waals surface area contributed by atoms with E-state index in [4.69, 9.17) is 11.6 Å². The summed E-state index contributed by atoms with van der Waals surface area (Å²) in [5, 5.41) is 4.11. The molecule has 0 bridgehead atoms. The van der Waals surface area contributed by atoms with Crippen LogP contribution in [-0.2, 0) is 0 Å². The molecule has 1 aromatic rings. The Balaban J connectivity index is 2.28. The molecule has 0 aliphatic rings. The van der Waals surface area contributed by atoms with Crippen LogP contribution in [0, 0.1) is 0 Å². The fraction of sp³-hybridized carbons (Fsp3) is 0.455. The van der Waals surface area contributed by atoms with Gasteiger partial charge in [0.1, 0.15) is 0 Å². The summed E-state index contributed by atoms with van der Waals surface area (Å²) in [6, 6.07) is 5.94. The molecule has 0 radical (unpaired) electrons. The van der Waals surface area contributed by atoms with Gasteiger partial charge in [-0.15, -0.1) is 0 Å². The van der Waals surface area contributed by atoms with Crippen molar-refractivity contribution in [2.24, 2.45) is 0 Å². The maximum atomic E-state index is 5.99. The van der Waals surface area contributed by atoms with Gasteiger partial charge in [0.15, 0.2) is 0 Å². The van der Waals surface area contributed by atoms with Gasteiger partial charge < -0.3 is 5.32 Å². The van der Waals surface area contributed by atoms with E-state index in [9.17, 15) is 0 Å². The Hall–Kier alpha value is 0.140. The smallest absolute Gasteiger partial charge is 0.0568 e. The Morgan fingerprint density at radius 3 is 2.93 bits per heavy atom. The van der Waals surface area contributed by atoms with E-state index < -0.39 is 0 Å². The standard InChI is InChI=1S/C11H15BrClNS/c1-2-15-7-3-6-14-9-4-5-10(12)11(13)8-9/h4-5,8,14H,2-3,6-7H2,1H3. The Morgan fingerprint density at radius 1 is 1.47 bits per heavy atom. The summed E-state index contributed by atoms with van der Waals surface area (Å²) in [4.78, 5) is 0. The van der Waals surface area contributed by atoms with E-state index in [-0.39, 0.29) is 0 Å². The first-order chi connectivity index (χ1) is 7.24. The van der Waals surface area contributed by atoms with Gasteiger partial charge in [0, 0.05) is 16.7 Å². The molecular weight excluding hydrogens is 294 g/mol. The van der Waals surface area contributed by atoms with Crippen molar-refractivity contribution in [3.05, 3.63) is 27.7 Å². The van der Waals surface area contributed by atoms with Crippen LogP contribution in [0.15, 0.2) is 22.7 Å². The molecule has 0 saturated heterocycles. The molecule has 15 heavy (non-hydrogen) atoms. The number of halogens is 2. The molecule has 1 nitrogen and oxygen atoms in total. The van der Waals surface area contributed by atoms with E-state index in [0.717, 1.165) is 21.7 Å². The molecule has 0 aromatic heterocycles. The lowest BCUT2D eigenvalue weighted by molar-refractivity contribution is 0.992. The minimum Gasteiger partial charge on any atom is -0.385 e. The summed E-state index contributed by atoms with van der Waals surface area (Å²) in [5.74, 6) is 2.41. The fourth-order valence-corrected chi connectivity index (χ4v) is 2.22. The van der Waals surface area contributed by atoms with Crippen LogP contribution in [0.1, 0.15) is 13.3 Å². The van der Waals surface area contributed by atoms with Crippen LogP contribution in [0.2, 0.25) is 5.02 Å². The molecule has 0 aliphatic carbocycles. The maximum Gasteiger partial charge on any atom is 0.0568 e. The Bertz CT molecular complexity index is 307. The summed E-state index contributed by atoms with van der Waals surface area (Å²) in [7, 11) is 0. The molecular formula is C11H15BrClNS. The Labute approximate surface area is 109 Å². The third-order valence-electron chi connectivity index (χ3n) is 1.92. The molecule has 0 atom stereocenters. The second-order valence-electron chi connectivity index (χ2n) is 3.11. The van der Waals surface area contributed by atoms with E-state index in [1.54, 1.807) is 0 Å². The van der Waals surface area contributed by atoms with Crippen molar-refractivity contribution < 1.29 is 0 Å². The van der Waals surface area contributed by atoms with Crippen molar-refractivity contribution in [3.8, 4) is 0 Å². The number of thioether (sulfide) groups is 1. The van der Waals surface area contributed by atoms with Crippen LogP contribution in [0.25, 0.3) is 0 Å². The van der Waals surface area contributed by atoms with Gasteiger partial charge in [-0.2, -0.15) is 11.8 Å². The molecule has 0 heterocycles. The van der Waals surface area contributed by atoms with Crippen molar-refractivity contribution in [2.45, 2.75) is 13.3 Å². The molecule has 0 aliphatic heterocycles. The minimum atomic E-state index is 0.753. The maximum absolute atomic E-state index is 5.99. The normalized spacial score (nSPS) is 10.3. The molecule has 4 heteroatoms. The van der Waals surface area contributed by atoms with Crippen LogP contribution in [-0.4, -0.2) is 18.1 Å². The molecule has 0 amide bonds. The van der Waals surface area contributed by atoms with Crippen LogP contribution >= 0.6 is 39.3 Å². The first kappa shape index (κ1) is 13.2. The summed E-state index contributed by atoms with van der Waals surface area (Å²) >= 11 is 11.3. The molecule has 1 N–H and O–H groups in total. The summed E-state index contributed by atoms with van der Waals surface area (Å²) in [6.07, 6.45) is 1.19. The quantitative estimate of drug-likeness (QED) is 0.767. The second kappa shape index (κ2) is 7.42. The van der Waals surface area contributed by atoms with Crippen LogP contribution in [0.5, 0.6) is 0 Å². The third-order valence-corrected chi connectivity index (χ3v) is 4.14. The first-order valence-corrected chi connectivity index (χ1v) is 7.33. The number of rotatable bonds is 6. The monoisotopic (exact) mass is 307 g/mol. The van der Waals surface area contributed by atoms with Gasteiger partial charge >= 0.3 is 0 Å². The predicted octanol–water partition coefficient (Wildman–Crippen LogP) is 4.66. The fourth-order valence-electron chi connectivity index (χ4n) is 1.16. The van der Waals surface area contributed by atoms with Gasteiger partial charge in [-0.3, -0.25) is 0 Å². The van der Waals surface area contributed by atoms with E-state index in [1.165, 1.54) is 17.9 Å². The van der Waals surface area contributed by atoms with Gasteiger partial charge in [0.2, 0.25) is 0 Å². The van der Waals surface area contributed by atoms with E-state index in [0.29, 0.717) is 0 Å². The molecule has 0 unspecified atom stereocenters. The zero-order valence-electron chi connectivity index (χ0n) is 8.72. The molecule has 0 fully saturated rings. The Morgan fingerprint density at radius 2 is 2.27 bits per heavy atom. The molecule has 84 valence electrons. The topological polar surface area (TPSA) is 12.0 Å². The number of hydrogen-bond donors (Lipinski definition) is 1. The lowest BCUT2D eigenvalue weighted by atomic mass is 10.3. The molecule has 1 rings (SSSR count). The van der Waals surface area contributed by atoms with Crippen LogP contribution in [0.3, 0.4) is 0 Å². The average molecular weight is 309 g/mol. The predicted molar refractivity (Wildman–Crippen MR) is 75.3 cm³/mol. The highest BCUT2D eigenvalue weighted by molar-refractivity contribution is 9.10. The van der Waals surface area contributed by atoms with Crippen molar-refractivity contribution in [1.82, 2.24) is 0 Å². The third kappa shape index (κ3) is 5.14. The lowest BCUT2D eigenvalue weighted by Crippen LogP contribution is -2.02. The lowest BCUT2D eigenvalue weighted by Gasteiger charge is -2.06. The highest BCUT2D eigenvalue weighted by Gasteiger charge is 1.97. The number of hydrogen-bond acceptors (Lipinski definition) is 2. The average Bonchev–Trinajstić information content (AvgIpc) is 2.23. The number of benzene rings is 1. The highest BCUT2D eigenvalue weighted by atomic mass is 79.9. The van der Waals surface area contributed by atoms with E-state index in [1.807, 2.05) is 30.0 Å². The van der Waals surface area contributed by atoms with E-state index >= 15 is 0 Å². The van der Waals surface area contributed by atoms with Crippen molar-refractivity contribution in [3.63, 3.8) is 0 Å². The van der Waals surface area contributed by atoms with Gasteiger partial charge in [-0.25, -0.2) is 0 Å². The SMILES string of the molecule is CCSCCCNc1ccc(Br)c(Cl)c1. The second-order valence-corrected chi connectivity index (χ2v) is 5.76. The van der Waals surface area contributed by atoms with Crippen molar-refractivity contribution in [1.29, 1.82) is 0 Å². The van der Waals surface area contributed by atoms with Crippen molar-refractivity contribution >= 4 is 45.0 Å². The highest BCUT2D eigenvalue weighted by Crippen LogP contribution is 2.25. The number of nitrogens with one attached hydrogen (secondary N) is 1. The zero-order valence-corrected chi connectivity index (χ0v) is 11.9. The molecule has 0 saturated carbocycles. The van der Waals surface area contributed by atoms with Crippen LogP contribution in [0.4, 0.5) is 5.69 Å². The molecule has 0 spiro atoms. The van der Waals surface area contributed by atoms with Crippen molar-refractivity contribution in [2.75, 3.05) is 23.4 Å². The largest absolute Gasteiger partial charge is 0.385 e. The van der Waals surface area contributed by atoms with Gasteiger partial charge in [-0.05, 0) is 52.1 Å². The van der Waals surface area contributed by atoms with Gasteiger partial charge in [0.05, 0.1) is 5.02 Å². The Kier molecular flexibility index (Phi) is 6.53. The summed E-state index contributed by atoms with van der Waals surface area (Å²) in [6.45, 7) is 3.19. The number of anilines is 1. The van der Waals surface area contributed by atoms with Gasteiger partial charge in [-0.1, -0.05) is 18.5 Å². The summed E-state index contributed by atoms with van der Waals surface area (Å²) in [5.41, 5.74) is 1.09. The van der Waals surface area contributed by atoms with Gasteiger partial charge in [0.25, 0.3) is 0 Å². The zero-order chi connectivity index (χ0) is 11.1. The van der Waals surface area contributed by atoms with E-state index in [2.05, 4.69) is 28.2 Å². The molecule has 1 aromatic carbocycles.